The van der Waals surface area contributed by atoms with E-state index in [9.17, 15) is 4.79 Å². The number of nitrogens with one attached hydrogen (secondary N) is 1. The standard InChI is InChI=1S/C10H16N2O2/c1-5-7-6(2)11-8(12-7)10(3,4)9(13)14/h5H2,1-4H3,(H,11,12)(H,13,14). The normalized spacial score (nSPS) is 11.7. The summed E-state index contributed by atoms with van der Waals surface area (Å²) in [6.07, 6.45) is 0.817. The van der Waals surface area contributed by atoms with Gasteiger partial charge in [0, 0.05) is 5.69 Å². The molecule has 0 fully saturated rings. The molecule has 4 nitrogen and oxygen atoms in total. The number of carboxylic acid groups (broad SMARTS) is 1. The minimum Gasteiger partial charge on any atom is -0.481 e. The van der Waals surface area contributed by atoms with Gasteiger partial charge in [0.1, 0.15) is 11.2 Å². The first-order valence-corrected chi connectivity index (χ1v) is 4.69. The van der Waals surface area contributed by atoms with Gasteiger partial charge in [0.2, 0.25) is 0 Å². The number of aromatic nitrogens is 2. The number of imidazole rings is 1. The number of aryl methyl sites for hydroxylation is 2. The summed E-state index contributed by atoms with van der Waals surface area (Å²) in [5.74, 6) is -0.340. The Morgan fingerprint density at radius 3 is 2.50 bits per heavy atom. The van der Waals surface area contributed by atoms with Gasteiger partial charge in [-0.25, -0.2) is 4.98 Å². The van der Waals surface area contributed by atoms with E-state index in [2.05, 4.69) is 9.97 Å². The molecule has 1 aromatic heterocycles. The monoisotopic (exact) mass is 196 g/mol. The summed E-state index contributed by atoms with van der Waals surface area (Å²) in [7, 11) is 0. The highest BCUT2D eigenvalue weighted by Gasteiger charge is 2.33. The molecular formula is C10H16N2O2. The smallest absolute Gasteiger partial charge is 0.316 e. The van der Waals surface area contributed by atoms with E-state index in [1.54, 1.807) is 13.8 Å². The second-order valence-electron chi connectivity index (χ2n) is 3.94. The van der Waals surface area contributed by atoms with Gasteiger partial charge in [0.05, 0.1) is 5.69 Å². The number of aliphatic carboxylic acids is 1. The van der Waals surface area contributed by atoms with Crippen molar-refractivity contribution in [1.82, 2.24) is 9.97 Å². The topological polar surface area (TPSA) is 66.0 Å². The maximum Gasteiger partial charge on any atom is 0.316 e. The van der Waals surface area contributed by atoms with Crippen LogP contribution in [0, 0.1) is 6.92 Å². The van der Waals surface area contributed by atoms with Crippen LogP contribution in [0.1, 0.15) is 38.0 Å². The molecule has 0 aliphatic heterocycles. The number of hydrogen-bond donors (Lipinski definition) is 2. The molecular weight excluding hydrogens is 180 g/mol. The zero-order chi connectivity index (χ0) is 10.9. The average molecular weight is 196 g/mol. The first-order chi connectivity index (χ1) is 6.39. The van der Waals surface area contributed by atoms with Crippen LogP contribution in [-0.4, -0.2) is 21.0 Å². The lowest BCUT2D eigenvalue weighted by molar-refractivity contribution is -0.142. The molecule has 0 aromatic carbocycles. The number of nitrogens with zero attached hydrogens (tertiary/aromatic N) is 1. The Labute approximate surface area is 83.4 Å². The Morgan fingerprint density at radius 1 is 1.57 bits per heavy atom. The van der Waals surface area contributed by atoms with Crippen LogP contribution in [0.15, 0.2) is 0 Å². The number of aromatic amines is 1. The molecule has 4 heteroatoms. The lowest BCUT2D eigenvalue weighted by atomic mass is 9.93. The fourth-order valence-corrected chi connectivity index (χ4v) is 1.24. The lowest BCUT2D eigenvalue weighted by Crippen LogP contribution is -2.29. The molecule has 0 saturated heterocycles. The van der Waals surface area contributed by atoms with Gasteiger partial charge >= 0.3 is 5.97 Å². The van der Waals surface area contributed by atoms with Gasteiger partial charge in [-0.15, -0.1) is 0 Å². The summed E-state index contributed by atoms with van der Waals surface area (Å²) >= 11 is 0. The van der Waals surface area contributed by atoms with Crippen LogP contribution in [-0.2, 0) is 16.6 Å². The van der Waals surface area contributed by atoms with Crippen LogP contribution in [0.5, 0.6) is 0 Å². The fourth-order valence-electron chi connectivity index (χ4n) is 1.24. The minimum absolute atomic E-state index is 0.527. The van der Waals surface area contributed by atoms with Gasteiger partial charge in [-0.05, 0) is 27.2 Å². The third-order valence-corrected chi connectivity index (χ3v) is 2.45. The van der Waals surface area contributed by atoms with E-state index in [0.717, 1.165) is 17.8 Å². The average Bonchev–Trinajstić information content (AvgIpc) is 2.47. The summed E-state index contributed by atoms with van der Waals surface area (Å²) in [5.41, 5.74) is 0.948. The second-order valence-corrected chi connectivity index (χ2v) is 3.94. The third-order valence-electron chi connectivity index (χ3n) is 2.45. The van der Waals surface area contributed by atoms with Crippen molar-refractivity contribution in [2.24, 2.45) is 0 Å². The molecule has 0 unspecified atom stereocenters. The van der Waals surface area contributed by atoms with Crippen molar-refractivity contribution in [3.05, 3.63) is 17.2 Å². The Hall–Kier alpha value is -1.32. The summed E-state index contributed by atoms with van der Waals surface area (Å²) in [6, 6.07) is 0. The van der Waals surface area contributed by atoms with Crippen LogP contribution >= 0.6 is 0 Å². The number of hydrogen-bond acceptors (Lipinski definition) is 2. The predicted octanol–water partition coefficient (Wildman–Crippen LogP) is 1.64. The molecule has 78 valence electrons. The highest BCUT2D eigenvalue weighted by atomic mass is 16.4. The van der Waals surface area contributed by atoms with Gasteiger partial charge in [-0.1, -0.05) is 6.92 Å². The molecule has 1 aromatic rings. The van der Waals surface area contributed by atoms with Crippen LogP contribution in [0.2, 0.25) is 0 Å². The maximum absolute atomic E-state index is 11.0. The van der Waals surface area contributed by atoms with E-state index in [1.807, 2.05) is 13.8 Å². The van der Waals surface area contributed by atoms with Crippen LogP contribution < -0.4 is 0 Å². The van der Waals surface area contributed by atoms with Gasteiger partial charge in [0.25, 0.3) is 0 Å². The number of carboxylic acids is 1. The van der Waals surface area contributed by atoms with E-state index in [-0.39, 0.29) is 0 Å². The molecule has 1 heterocycles. The Morgan fingerprint density at radius 2 is 2.14 bits per heavy atom. The number of H-pyrrole nitrogens is 1. The van der Waals surface area contributed by atoms with Gasteiger partial charge in [-0.3, -0.25) is 4.79 Å². The van der Waals surface area contributed by atoms with Crippen molar-refractivity contribution in [3.8, 4) is 0 Å². The Balaban J connectivity index is 3.14. The van der Waals surface area contributed by atoms with Crippen LogP contribution in [0.25, 0.3) is 0 Å². The summed E-state index contributed by atoms with van der Waals surface area (Å²) in [6.45, 7) is 7.20. The lowest BCUT2D eigenvalue weighted by Gasteiger charge is -2.15. The van der Waals surface area contributed by atoms with Crippen molar-refractivity contribution in [1.29, 1.82) is 0 Å². The van der Waals surface area contributed by atoms with Crippen molar-refractivity contribution in [2.45, 2.75) is 39.5 Å². The van der Waals surface area contributed by atoms with Crippen molar-refractivity contribution < 1.29 is 9.90 Å². The van der Waals surface area contributed by atoms with Crippen LogP contribution in [0.4, 0.5) is 0 Å². The summed E-state index contributed by atoms with van der Waals surface area (Å²) in [4.78, 5) is 18.3. The van der Waals surface area contributed by atoms with E-state index in [1.165, 1.54) is 0 Å². The largest absolute Gasteiger partial charge is 0.481 e. The molecule has 0 aliphatic carbocycles. The first kappa shape index (κ1) is 10.8. The predicted molar refractivity (Wildman–Crippen MR) is 53.4 cm³/mol. The molecule has 0 amide bonds. The van der Waals surface area contributed by atoms with E-state index >= 15 is 0 Å². The van der Waals surface area contributed by atoms with Crippen molar-refractivity contribution in [2.75, 3.05) is 0 Å². The number of carbonyl (C=O) groups is 1. The molecule has 0 spiro atoms. The first-order valence-electron chi connectivity index (χ1n) is 4.69. The zero-order valence-corrected chi connectivity index (χ0v) is 9.01. The molecule has 0 saturated carbocycles. The third kappa shape index (κ3) is 1.64. The van der Waals surface area contributed by atoms with Gasteiger partial charge in [0.15, 0.2) is 0 Å². The molecule has 0 radical (unpaired) electrons. The number of rotatable bonds is 3. The summed E-state index contributed by atoms with van der Waals surface area (Å²) in [5, 5.41) is 9.01. The molecule has 14 heavy (non-hydrogen) atoms. The molecule has 1 rings (SSSR count). The van der Waals surface area contributed by atoms with E-state index in [4.69, 9.17) is 5.11 Å². The minimum atomic E-state index is -0.946. The Bertz CT molecular complexity index is 353. The van der Waals surface area contributed by atoms with E-state index in [0.29, 0.717) is 5.82 Å². The van der Waals surface area contributed by atoms with Gasteiger partial charge < -0.3 is 10.1 Å². The van der Waals surface area contributed by atoms with Crippen molar-refractivity contribution >= 4 is 5.97 Å². The van der Waals surface area contributed by atoms with E-state index < -0.39 is 11.4 Å². The SMILES string of the molecule is CCc1nc(C(C)(C)C(=O)O)[nH]c1C. The zero-order valence-electron chi connectivity index (χ0n) is 9.01. The molecule has 0 bridgehead atoms. The fraction of sp³-hybridized carbons (Fsp3) is 0.600. The van der Waals surface area contributed by atoms with Gasteiger partial charge in [-0.2, -0.15) is 0 Å². The quantitative estimate of drug-likeness (QED) is 0.772. The highest BCUT2D eigenvalue weighted by molar-refractivity contribution is 5.79. The summed E-state index contributed by atoms with van der Waals surface area (Å²) < 4.78 is 0. The van der Waals surface area contributed by atoms with Crippen molar-refractivity contribution in [3.63, 3.8) is 0 Å². The molecule has 2 N–H and O–H groups in total. The maximum atomic E-state index is 11.0. The molecule has 0 aliphatic rings. The highest BCUT2D eigenvalue weighted by Crippen LogP contribution is 2.21. The molecule has 0 atom stereocenters. The van der Waals surface area contributed by atoms with Crippen LogP contribution in [0.3, 0.4) is 0 Å². The second kappa shape index (κ2) is 3.44. The Kier molecular flexibility index (Phi) is 2.64.